The first-order valence-corrected chi connectivity index (χ1v) is 7.05. The molecule has 3 nitrogen and oxygen atoms in total. The van der Waals surface area contributed by atoms with Crippen molar-refractivity contribution in [1.82, 2.24) is 5.32 Å². The van der Waals surface area contributed by atoms with Crippen LogP contribution >= 0.6 is 0 Å². The van der Waals surface area contributed by atoms with Gasteiger partial charge in [0.2, 0.25) is 0 Å². The Labute approximate surface area is 115 Å². The Kier molecular flexibility index (Phi) is 5.01. The van der Waals surface area contributed by atoms with Crippen LogP contribution in [-0.2, 0) is 0 Å². The SMILES string of the molecule is C=CCNC(=O)c1ccc(NC2CCCCC2)cc1. The molecule has 0 atom stereocenters. The minimum Gasteiger partial charge on any atom is -0.382 e. The van der Waals surface area contributed by atoms with Crippen LogP contribution in [0.2, 0.25) is 0 Å². The van der Waals surface area contributed by atoms with Crippen LogP contribution in [-0.4, -0.2) is 18.5 Å². The molecule has 0 aliphatic heterocycles. The number of hydrogen-bond donors (Lipinski definition) is 2. The summed E-state index contributed by atoms with van der Waals surface area (Å²) in [6, 6.07) is 8.29. The van der Waals surface area contributed by atoms with Crippen LogP contribution in [0.15, 0.2) is 36.9 Å². The second-order valence-electron chi connectivity index (χ2n) is 5.06. The molecule has 0 radical (unpaired) electrons. The molecule has 1 amide bonds. The third kappa shape index (κ3) is 4.12. The fraction of sp³-hybridized carbons (Fsp3) is 0.438. The molecule has 1 aromatic carbocycles. The molecule has 0 saturated heterocycles. The summed E-state index contributed by atoms with van der Waals surface area (Å²) in [5, 5.41) is 6.31. The number of amides is 1. The zero-order valence-corrected chi connectivity index (χ0v) is 11.3. The molecular weight excluding hydrogens is 236 g/mol. The smallest absolute Gasteiger partial charge is 0.251 e. The van der Waals surface area contributed by atoms with E-state index in [1.165, 1.54) is 32.1 Å². The molecular formula is C16H22N2O. The molecule has 2 rings (SSSR count). The second kappa shape index (κ2) is 6.98. The lowest BCUT2D eigenvalue weighted by molar-refractivity contribution is 0.0958. The van der Waals surface area contributed by atoms with Crippen molar-refractivity contribution in [2.45, 2.75) is 38.1 Å². The molecule has 102 valence electrons. The minimum atomic E-state index is -0.0517. The van der Waals surface area contributed by atoms with Gasteiger partial charge in [0.1, 0.15) is 0 Å². The number of nitrogens with one attached hydrogen (secondary N) is 2. The molecule has 0 aromatic heterocycles. The number of anilines is 1. The van der Waals surface area contributed by atoms with Gasteiger partial charge in [-0.1, -0.05) is 25.3 Å². The van der Waals surface area contributed by atoms with Crippen molar-refractivity contribution in [2.75, 3.05) is 11.9 Å². The summed E-state index contributed by atoms with van der Waals surface area (Å²) in [5.41, 5.74) is 1.79. The summed E-state index contributed by atoms with van der Waals surface area (Å²) in [6.45, 7) is 4.08. The van der Waals surface area contributed by atoms with E-state index in [4.69, 9.17) is 0 Å². The topological polar surface area (TPSA) is 41.1 Å². The number of carbonyl (C=O) groups is 1. The molecule has 1 aromatic rings. The number of benzene rings is 1. The molecule has 0 heterocycles. The Morgan fingerprint density at radius 2 is 1.89 bits per heavy atom. The van der Waals surface area contributed by atoms with Crippen LogP contribution in [0, 0.1) is 0 Å². The summed E-state index contributed by atoms with van der Waals surface area (Å²) in [5.74, 6) is -0.0517. The van der Waals surface area contributed by atoms with Gasteiger partial charge in [-0.05, 0) is 37.1 Å². The summed E-state index contributed by atoms with van der Waals surface area (Å²) in [7, 11) is 0. The quantitative estimate of drug-likeness (QED) is 0.795. The van der Waals surface area contributed by atoms with Gasteiger partial charge in [0.15, 0.2) is 0 Å². The summed E-state index contributed by atoms with van der Waals surface area (Å²) in [4.78, 5) is 11.7. The molecule has 0 spiro atoms. The number of hydrogen-bond acceptors (Lipinski definition) is 2. The first-order chi connectivity index (χ1) is 9.29. The molecule has 2 N–H and O–H groups in total. The van der Waals surface area contributed by atoms with Crippen molar-refractivity contribution in [2.24, 2.45) is 0 Å². The summed E-state index contributed by atoms with van der Waals surface area (Å²) in [6.07, 6.45) is 8.18. The van der Waals surface area contributed by atoms with Crippen LogP contribution < -0.4 is 10.6 Å². The molecule has 0 unspecified atom stereocenters. The highest BCUT2D eigenvalue weighted by molar-refractivity contribution is 5.94. The van der Waals surface area contributed by atoms with Crippen molar-refractivity contribution < 1.29 is 4.79 Å². The van der Waals surface area contributed by atoms with Crippen molar-refractivity contribution in [1.29, 1.82) is 0 Å². The van der Waals surface area contributed by atoms with Gasteiger partial charge in [-0.15, -0.1) is 6.58 Å². The molecule has 3 heteroatoms. The second-order valence-corrected chi connectivity index (χ2v) is 5.06. The van der Waals surface area contributed by atoms with E-state index in [1.807, 2.05) is 24.3 Å². The summed E-state index contributed by atoms with van der Waals surface area (Å²) < 4.78 is 0. The van der Waals surface area contributed by atoms with Crippen LogP contribution in [0.4, 0.5) is 5.69 Å². The molecule has 19 heavy (non-hydrogen) atoms. The van der Waals surface area contributed by atoms with E-state index >= 15 is 0 Å². The van der Waals surface area contributed by atoms with E-state index in [0.29, 0.717) is 18.2 Å². The lowest BCUT2D eigenvalue weighted by Crippen LogP contribution is -2.24. The molecule has 1 fully saturated rings. The Morgan fingerprint density at radius 3 is 2.53 bits per heavy atom. The fourth-order valence-corrected chi connectivity index (χ4v) is 2.47. The van der Waals surface area contributed by atoms with E-state index < -0.39 is 0 Å². The van der Waals surface area contributed by atoms with E-state index in [9.17, 15) is 4.79 Å². The zero-order chi connectivity index (χ0) is 13.5. The fourth-order valence-electron chi connectivity index (χ4n) is 2.47. The van der Waals surface area contributed by atoms with Crippen LogP contribution in [0.5, 0.6) is 0 Å². The molecule has 1 aliphatic rings. The van der Waals surface area contributed by atoms with Crippen LogP contribution in [0.1, 0.15) is 42.5 Å². The third-order valence-electron chi connectivity index (χ3n) is 3.53. The standard InChI is InChI=1S/C16H22N2O/c1-2-12-17-16(19)13-8-10-15(11-9-13)18-14-6-4-3-5-7-14/h2,8-11,14,18H,1,3-7,12H2,(H,17,19). The van der Waals surface area contributed by atoms with Gasteiger partial charge >= 0.3 is 0 Å². The van der Waals surface area contributed by atoms with Gasteiger partial charge in [0.05, 0.1) is 0 Å². The Morgan fingerprint density at radius 1 is 1.21 bits per heavy atom. The predicted molar refractivity (Wildman–Crippen MR) is 79.5 cm³/mol. The lowest BCUT2D eigenvalue weighted by Gasteiger charge is -2.23. The van der Waals surface area contributed by atoms with Crippen LogP contribution in [0.3, 0.4) is 0 Å². The van der Waals surface area contributed by atoms with E-state index in [-0.39, 0.29) is 5.91 Å². The van der Waals surface area contributed by atoms with Gasteiger partial charge in [0.25, 0.3) is 5.91 Å². The monoisotopic (exact) mass is 258 g/mol. The average Bonchev–Trinajstić information content (AvgIpc) is 2.46. The first-order valence-electron chi connectivity index (χ1n) is 7.05. The van der Waals surface area contributed by atoms with Crippen molar-refractivity contribution in [3.8, 4) is 0 Å². The van der Waals surface area contributed by atoms with Gasteiger partial charge in [-0.2, -0.15) is 0 Å². The van der Waals surface area contributed by atoms with Crippen molar-refractivity contribution >= 4 is 11.6 Å². The summed E-state index contributed by atoms with van der Waals surface area (Å²) >= 11 is 0. The number of rotatable bonds is 5. The normalized spacial score (nSPS) is 15.8. The largest absolute Gasteiger partial charge is 0.382 e. The highest BCUT2D eigenvalue weighted by Crippen LogP contribution is 2.21. The van der Waals surface area contributed by atoms with Crippen LogP contribution in [0.25, 0.3) is 0 Å². The molecule has 0 bridgehead atoms. The highest BCUT2D eigenvalue weighted by Gasteiger charge is 2.13. The third-order valence-corrected chi connectivity index (χ3v) is 3.53. The van der Waals surface area contributed by atoms with E-state index in [1.54, 1.807) is 6.08 Å². The van der Waals surface area contributed by atoms with Crippen molar-refractivity contribution in [3.63, 3.8) is 0 Å². The van der Waals surface area contributed by atoms with E-state index in [2.05, 4.69) is 17.2 Å². The van der Waals surface area contributed by atoms with Crippen molar-refractivity contribution in [3.05, 3.63) is 42.5 Å². The molecule has 1 saturated carbocycles. The molecule has 1 aliphatic carbocycles. The van der Waals surface area contributed by atoms with Gasteiger partial charge in [-0.25, -0.2) is 0 Å². The average molecular weight is 258 g/mol. The lowest BCUT2D eigenvalue weighted by atomic mass is 9.95. The maximum absolute atomic E-state index is 11.7. The van der Waals surface area contributed by atoms with E-state index in [0.717, 1.165) is 5.69 Å². The predicted octanol–water partition coefficient (Wildman–Crippen LogP) is 3.35. The Hall–Kier alpha value is -1.77. The zero-order valence-electron chi connectivity index (χ0n) is 11.3. The first kappa shape index (κ1) is 13.7. The number of carbonyl (C=O) groups excluding carboxylic acids is 1. The maximum atomic E-state index is 11.7. The van der Waals surface area contributed by atoms with Gasteiger partial charge < -0.3 is 10.6 Å². The van der Waals surface area contributed by atoms with Gasteiger partial charge in [-0.3, -0.25) is 4.79 Å². The minimum absolute atomic E-state index is 0.0517. The Balaban J connectivity index is 1.90. The Bertz CT molecular complexity index is 419. The van der Waals surface area contributed by atoms with Gasteiger partial charge in [0, 0.05) is 23.8 Å². The highest BCUT2D eigenvalue weighted by atomic mass is 16.1. The maximum Gasteiger partial charge on any atom is 0.251 e.